The average molecular weight is 353 g/mol. The molecule has 3 rings (SSSR count). The van der Waals surface area contributed by atoms with Gasteiger partial charge in [-0.2, -0.15) is 18.3 Å². The molecule has 1 aromatic carbocycles. The maximum Gasteiger partial charge on any atom is 0.418 e. The normalized spacial score (nSPS) is 21.3. The zero-order valence-electron chi connectivity index (χ0n) is 11.4. The van der Waals surface area contributed by atoms with E-state index < -0.39 is 29.8 Å². The lowest BCUT2D eigenvalue weighted by atomic mass is 10.0. The molecular weight excluding hydrogens is 343 g/mol. The van der Waals surface area contributed by atoms with E-state index in [9.17, 15) is 27.1 Å². The highest BCUT2D eigenvalue weighted by molar-refractivity contribution is 6.33. The Labute approximate surface area is 132 Å². The maximum absolute atomic E-state index is 13.0. The second kappa shape index (κ2) is 5.17. The van der Waals surface area contributed by atoms with Crippen LogP contribution in [0.2, 0.25) is 5.02 Å². The van der Waals surface area contributed by atoms with E-state index in [1.165, 1.54) is 18.3 Å². The Bertz CT molecular complexity index is 743. The lowest BCUT2D eigenvalue weighted by Crippen LogP contribution is -2.20. The van der Waals surface area contributed by atoms with E-state index in [1.54, 1.807) is 0 Å². The standard InChI is InChI=1S/C14H10ClF5N2O/c15-9-5-7(12(23)14(18,19)20)1-2-8(9)10-3-4-22(21-10)11-6-13(11,16)17/h1-5,11-12,23H,6H2. The van der Waals surface area contributed by atoms with Gasteiger partial charge in [-0.15, -0.1) is 0 Å². The number of aliphatic hydroxyl groups excluding tert-OH is 1. The number of nitrogens with zero attached hydrogens (tertiary/aromatic N) is 2. The molecule has 2 atom stereocenters. The van der Waals surface area contributed by atoms with Crippen molar-refractivity contribution in [1.29, 1.82) is 0 Å². The number of hydrogen-bond donors (Lipinski definition) is 1. The summed E-state index contributed by atoms with van der Waals surface area (Å²) in [6.07, 6.45) is -6.37. The van der Waals surface area contributed by atoms with Crippen molar-refractivity contribution in [3.05, 3.63) is 41.0 Å². The van der Waals surface area contributed by atoms with Crippen LogP contribution in [0.4, 0.5) is 22.0 Å². The summed E-state index contributed by atoms with van der Waals surface area (Å²) < 4.78 is 64.6. The lowest BCUT2D eigenvalue weighted by molar-refractivity contribution is -0.206. The average Bonchev–Trinajstić information content (AvgIpc) is 2.86. The summed E-state index contributed by atoms with van der Waals surface area (Å²) in [5.41, 5.74) is 0.165. The van der Waals surface area contributed by atoms with Crippen LogP contribution in [0.1, 0.15) is 24.1 Å². The van der Waals surface area contributed by atoms with Crippen molar-refractivity contribution in [2.75, 3.05) is 0 Å². The Kier molecular flexibility index (Phi) is 3.64. The van der Waals surface area contributed by atoms with E-state index in [1.807, 2.05) is 0 Å². The zero-order chi connectivity index (χ0) is 17.0. The highest BCUT2D eigenvalue weighted by Gasteiger charge is 2.59. The number of aromatic nitrogens is 2. The molecule has 2 unspecified atom stereocenters. The molecule has 1 aliphatic carbocycles. The summed E-state index contributed by atoms with van der Waals surface area (Å²) in [7, 11) is 0. The first-order chi connectivity index (χ1) is 10.6. The third-order valence-electron chi connectivity index (χ3n) is 3.62. The summed E-state index contributed by atoms with van der Waals surface area (Å²) in [5.74, 6) is -2.78. The van der Waals surface area contributed by atoms with Gasteiger partial charge in [0.1, 0.15) is 6.04 Å². The fourth-order valence-corrected chi connectivity index (χ4v) is 2.53. The van der Waals surface area contributed by atoms with Crippen molar-refractivity contribution in [2.45, 2.75) is 30.7 Å². The van der Waals surface area contributed by atoms with Crippen LogP contribution in [0.15, 0.2) is 30.5 Å². The van der Waals surface area contributed by atoms with Crippen LogP contribution in [0.3, 0.4) is 0 Å². The van der Waals surface area contributed by atoms with Crippen molar-refractivity contribution in [3.8, 4) is 11.3 Å². The van der Waals surface area contributed by atoms with Crippen LogP contribution in [0, 0.1) is 0 Å². The fourth-order valence-electron chi connectivity index (χ4n) is 2.24. The number of benzene rings is 1. The van der Waals surface area contributed by atoms with Gasteiger partial charge in [-0.05, 0) is 17.7 Å². The molecule has 23 heavy (non-hydrogen) atoms. The van der Waals surface area contributed by atoms with Crippen molar-refractivity contribution >= 4 is 11.6 Å². The summed E-state index contributed by atoms with van der Waals surface area (Å²) in [5, 5.41) is 13.1. The lowest BCUT2D eigenvalue weighted by Gasteiger charge is -2.15. The van der Waals surface area contributed by atoms with Gasteiger partial charge in [-0.25, -0.2) is 8.78 Å². The van der Waals surface area contributed by atoms with Gasteiger partial charge in [0.15, 0.2) is 6.10 Å². The van der Waals surface area contributed by atoms with E-state index in [0.29, 0.717) is 5.56 Å². The molecule has 0 aliphatic heterocycles. The Balaban J connectivity index is 1.87. The van der Waals surface area contributed by atoms with Crippen LogP contribution in [-0.4, -0.2) is 27.0 Å². The van der Waals surface area contributed by atoms with Crippen LogP contribution < -0.4 is 0 Å². The van der Waals surface area contributed by atoms with Crippen LogP contribution in [-0.2, 0) is 0 Å². The molecule has 0 radical (unpaired) electrons. The molecule has 2 aromatic rings. The van der Waals surface area contributed by atoms with Gasteiger partial charge >= 0.3 is 6.18 Å². The summed E-state index contributed by atoms with van der Waals surface area (Å²) in [6, 6.07) is 3.78. The van der Waals surface area contributed by atoms with Crippen molar-refractivity contribution in [3.63, 3.8) is 0 Å². The van der Waals surface area contributed by atoms with E-state index in [2.05, 4.69) is 5.10 Å². The summed E-state index contributed by atoms with van der Waals surface area (Å²) in [4.78, 5) is 0. The molecule has 9 heteroatoms. The number of halogens is 6. The van der Waals surface area contributed by atoms with Gasteiger partial charge in [-0.3, -0.25) is 4.68 Å². The number of hydrogen-bond acceptors (Lipinski definition) is 2. The second-order valence-corrected chi connectivity index (χ2v) is 5.75. The quantitative estimate of drug-likeness (QED) is 0.832. The van der Waals surface area contributed by atoms with Gasteiger partial charge in [0.25, 0.3) is 5.92 Å². The Morgan fingerprint density at radius 3 is 2.48 bits per heavy atom. The molecule has 1 saturated carbocycles. The van der Waals surface area contributed by atoms with Crippen LogP contribution in [0.25, 0.3) is 11.3 Å². The monoisotopic (exact) mass is 352 g/mol. The van der Waals surface area contributed by atoms with Gasteiger partial charge in [0, 0.05) is 18.2 Å². The van der Waals surface area contributed by atoms with Gasteiger partial charge in [-0.1, -0.05) is 23.7 Å². The smallest absolute Gasteiger partial charge is 0.379 e. The first-order valence-electron chi connectivity index (χ1n) is 6.57. The van der Waals surface area contributed by atoms with E-state index >= 15 is 0 Å². The topological polar surface area (TPSA) is 38.0 Å². The van der Waals surface area contributed by atoms with Gasteiger partial charge in [0.2, 0.25) is 0 Å². The number of alkyl halides is 5. The van der Waals surface area contributed by atoms with E-state index in [4.69, 9.17) is 11.6 Å². The second-order valence-electron chi connectivity index (χ2n) is 5.35. The van der Waals surface area contributed by atoms with E-state index in [0.717, 1.165) is 16.8 Å². The summed E-state index contributed by atoms with van der Waals surface area (Å²) >= 11 is 5.94. The maximum atomic E-state index is 13.0. The zero-order valence-corrected chi connectivity index (χ0v) is 12.1. The van der Waals surface area contributed by atoms with Crippen molar-refractivity contribution < 1.29 is 27.1 Å². The molecule has 0 bridgehead atoms. The predicted octanol–water partition coefficient (Wildman–Crippen LogP) is 4.38. The Hall–Kier alpha value is -1.67. The molecule has 124 valence electrons. The van der Waals surface area contributed by atoms with Crippen LogP contribution >= 0.6 is 11.6 Å². The first kappa shape index (κ1) is 16.2. The van der Waals surface area contributed by atoms with E-state index in [-0.39, 0.29) is 17.1 Å². The van der Waals surface area contributed by atoms with Gasteiger partial charge < -0.3 is 5.11 Å². The Morgan fingerprint density at radius 2 is 1.96 bits per heavy atom. The minimum atomic E-state index is -4.80. The number of rotatable bonds is 3. The molecule has 1 fully saturated rings. The minimum absolute atomic E-state index is 0.0568. The third kappa shape index (κ3) is 3.05. The molecule has 1 aliphatic rings. The predicted molar refractivity (Wildman–Crippen MR) is 72.3 cm³/mol. The third-order valence-corrected chi connectivity index (χ3v) is 3.93. The highest BCUT2D eigenvalue weighted by Crippen LogP contribution is 2.52. The molecule has 1 aromatic heterocycles. The minimum Gasteiger partial charge on any atom is -0.379 e. The highest BCUT2D eigenvalue weighted by atomic mass is 35.5. The molecule has 1 N–H and O–H groups in total. The molecule has 3 nitrogen and oxygen atoms in total. The van der Waals surface area contributed by atoms with Crippen LogP contribution in [0.5, 0.6) is 0 Å². The largest absolute Gasteiger partial charge is 0.418 e. The summed E-state index contributed by atoms with van der Waals surface area (Å²) in [6.45, 7) is 0. The Morgan fingerprint density at radius 1 is 1.30 bits per heavy atom. The molecule has 0 saturated heterocycles. The van der Waals surface area contributed by atoms with Crippen molar-refractivity contribution in [1.82, 2.24) is 9.78 Å². The molecule has 1 heterocycles. The molecule has 0 spiro atoms. The fraction of sp³-hybridized carbons (Fsp3) is 0.357. The first-order valence-corrected chi connectivity index (χ1v) is 6.95. The number of aliphatic hydroxyl groups is 1. The van der Waals surface area contributed by atoms with Gasteiger partial charge in [0.05, 0.1) is 10.7 Å². The SMILES string of the molecule is OC(c1ccc(-c2ccn(C3CC3(F)F)n2)c(Cl)c1)C(F)(F)F. The molecule has 0 amide bonds. The van der Waals surface area contributed by atoms with Crippen molar-refractivity contribution in [2.24, 2.45) is 0 Å². The molecular formula is C14H10ClF5N2O.